The largest absolute Gasteiger partial charge is 0.497 e. The number of methoxy groups -OCH3 is 1. The van der Waals surface area contributed by atoms with E-state index in [1.807, 2.05) is 24.3 Å². The Balaban J connectivity index is 1.89. The molecule has 0 radical (unpaired) electrons. The molecule has 2 nitrogen and oxygen atoms in total. The molecule has 1 N–H and O–H groups in total. The van der Waals surface area contributed by atoms with Gasteiger partial charge < -0.3 is 10.1 Å². The normalized spacial score (nSPS) is 14.2. The number of hydrogen-bond acceptors (Lipinski definition) is 2. The highest BCUT2D eigenvalue weighted by Crippen LogP contribution is 2.19. The van der Waals surface area contributed by atoms with Crippen molar-refractivity contribution in [3.63, 3.8) is 0 Å². The van der Waals surface area contributed by atoms with E-state index in [4.69, 9.17) is 4.74 Å². The van der Waals surface area contributed by atoms with Gasteiger partial charge in [0.25, 0.3) is 0 Å². The maximum Gasteiger partial charge on any atom is 0.119 e. The van der Waals surface area contributed by atoms with Crippen LogP contribution in [0.3, 0.4) is 0 Å². The van der Waals surface area contributed by atoms with Crippen molar-refractivity contribution in [1.82, 2.24) is 0 Å². The maximum absolute atomic E-state index is 5.09. The number of benzene rings is 1. The Bertz CT molecular complexity index is 327. The van der Waals surface area contributed by atoms with Crippen molar-refractivity contribution < 1.29 is 4.74 Å². The number of hydrogen-bond donors (Lipinski definition) is 1. The number of anilines is 1. The van der Waals surface area contributed by atoms with Crippen LogP contribution >= 0.6 is 0 Å². The van der Waals surface area contributed by atoms with Gasteiger partial charge in [0, 0.05) is 12.2 Å². The van der Waals surface area contributed by atoms with Crippen molar-refractivity contribution in [2.75, 3.05) is 19.0 Å². The van der Waals surface area contributed by atoms with Gasteiger partial charge in [0.05, 0.1) is 7.11 Å². The molecule has 0 heterocycles. The molecule has 0 aromatic heterocycles. The molecular weight excluding hydrogens is 174 g/mol. The molecule has 0 spiro atoms. The molecule has 0 unspecified atom stereocenters. The lowest BCUT2D eigenvalue weighted by Crippen LogP contribution is -2.08. The molecule has 2 rings (SSSR count). The third-order valence-corrected chi connectivity index (χ3v) is 2.51. The summed E-state index contributed by atoms with van der Waals surface area (Å²) in [4.78, 5) is 0. The van der Waals surface area contributed by atoms with Crippen LogP contribution in [0.25, 0.3) is 0 Å². The third-order valence-electron chi connectivity index (χ3n) is 2.51. The Labute approximate surface area is 84.6 Å². The second kappa shape index (κ2) is 4.18. The molecule has 0 fully saturated rings. The van der Waals surface area contributed by atoms with Gasteiger partial charge >= 0.3 is 0 Å². The lowest BCUT2D eigenvalue weighted by molar-refractivity contribution is 0.415. The SMILES string of the molecule is COc1ccc(NCC2=CCC2)cc1. The van der Waals surface area contributed by atoms with Crippen molar-refractivity contribution in [1.29, 1.82) is 0 Å². The summed E-state index contributed by atoms with van der Waals surface area (Å²) >= 11 is 0. The minimum atomic E-state index is 0.901. The van der Waals surface area contributed by atoms with Crippen LogP contribution in [0.2, 0.25) is 0 Å². The Kier molecular flexibility index (Phi) is 2.73. The zero-order valence-corrected chi connectivity index (χ0v) is 8.42. The molecule has 74 valence electrons. The molecule has 0 aliphatic heterocycles. The first kappa shape index (κ1) is 9.13. The molecule has 0 amide bonds. The highest BCUT2D eigenvalue weighted by atomic mass is 16.5. The van der Waals surface area contributed by atoms with Crippen molar-refractivity contribution in [3.05, 3.63) is 35.9 Å². The number of allylic oxidation sites excluding steroid dienone is 1. The van der Waals surface area contributed by atoms with E-state index in [0.717, 1.165) is 18.0 Å². The van der Waals surface area contributed by atoms with E-state index < -0.39 is 0 Å². The first-order chi connectivity index (χ1) is 6.88. The molecular formula is C12H15NO. The van der Waals surface area contributed by atoms with E-state index in [1.54, 1.807) is 7.11 Å². The average molecular weight is 189 g/mol. The summed E-state index contributed by atoms with van der Waals surface area (Å²) in [7, 11) is 1.68. The molecule has 0 saturated carbocycles. The van der Waals surface area contributed by atoms with Crippen LogP contribution in [-0.4, -0.2) is 13.7 Å². The van der Waals surface area contributed by atoms with Gasteiger partial charge in [0.15, 0.2) is 0 Å². The van der Waals surface area contributed by atoms with Crippen LogP contribution < -0.4 is 10.1 Å². The standard InChI is InChI=1S/C12H15NO/c1-14-12-7-5-11(6-8-12)13-9-10-3-2-4-10/h3,5-8,13H,2,4,9H2,1H3. The summed E-state index contributed by atoms with van der Waals surface area (Å²) in [6, 6.07) is 8.02. The Morgan fingerprint density at radius 3 is 2.50 bits per heavy atom. The minimum Gasteiger partial charge on any atom is -0.497 e. The van der Waals surface area contributed by atoms with Gasteiger partial charge in [-0.05, 0) is 37.1 Å². The molecule has 0 bridgehead atoms. The molecule has 0 saturated heterocycles. The highest BCUT2D eigenvalue weighted by molar-refractivity contribution is 5.47. The topological polar surface area (TPSA) is 21.3 Å². The van der Waals surface area contributed by atoms with Crippen LogP contribution in [0.1, 0.15) is 12.8 Å². The molecule has 0 atom stereocenters. The zero-order chi connectivity index (χ0) is 9.80. The van der Waals surface area contributed by atoms with E-state index in [-0.39, 0.29) is 0 Å². The number of rotatable bonds is 4. The van der Waals surface area contributed by atoms with Crippen LogP contribution in [-0.2, 0) is 0 Å². The summed E-state index contributed by atoms with van der Waals surface area (Å²) in [6.07, 6.45) is 4.79. The summed E-state index contributed by atoms with van der Waals surface area (Å²) in [6.45, 7) is 0.979. The first-order valence-electron chi connectivity index (χ1n) is 4.94. The van der Waals surface area contributed by atoms with Crippen molar-refractivity contribution in [3.8, 4) is 5.75 Å². The van der Waals surface area contributed by atoms with Crippen molar-refractivity contribution in [2.24, 2.45) is 0 Å². The van der Waals surface area contributed by atoms with E-state index in [1.165, 1.54) is 18.4 Å². The predicted octanol–water partition coefficient (Wildman–Crippen LogP) is 2.83. The van der Waals surface area contributed by atoms with Gasteiger partial charge in [0.1, 0.15) is 5.75 Å². The van der Waals surface area contributed by atoms with Crippen LogP contribution in [0.5, 0.6) is 5.75 Å². The number of nitrogens with one attached hydrogen (secondary N) is 1. The second-order valence-electron chi connectivity index (χ2n) is 3.48. The van der Waals surface area contributed by atoms with Crippen molar-refractivity contribution in [2.45, 2.75) is 12.8 Å². The van der Waals surface area contributed by atoms with E-state index in [9.17, 15) is 0 Å². The van der Waals surface area contributed by atoms with E-state index >= 15 is 0 Å². The second-order valence-corrected chi connectivity index (χ2v) is 3.48. The smallest absolute Gasteiger partial charge is 0.119 e. The van der Waals surface area contributed by atoms with Crippen LogP contribution in [0, 0.1) is 0 Å². The van der Waals surface area contributed by atoms with Gasteiger partial charge in [-0.15, -0.1) is 0 Å². The Hall–Kier alpha value is -1.44. The molecule has 1 aliphatic carbocycles. The summed E-state index contributed by atoms with van der Waals surface area (Å²) in [5, 5.41) is 3.37. The molecule has 1 aromatic rings. The summed E-state index contributed by atoms with van der Waals surface area (Å²) in [5.41, 5.74) is 2.67. The zero-order valence-electron chi connectivity index (χ0n) is 8.42. The number of ether oxygens (including phenoxy) is 1. The molecule has 14 heavy (non-hydrogen) atoms. The van der Waals surface area contributed by atoms with Gasteiger partial charge in [-0.1, -0.05) is 11.6 Å². The lowest BCUT2D eigenvalue weighted by atomic mass is 9.99. The summed E-state index contributed by atoms with van der Waals surface area (Å²) in [5.74, 6) is 0.901. The minimum absolute atomic E-state index is 0.901. The van der Waals surface area contributed by atoms with E-state index in [2.05, 4.69) is 11.4 Å². The van der Waals surface area contributed by atoms with E-state index in [0.29, 0.717) is 0 Å². The average Bonchev–Trinajstić information content (AvgIpc) is 2.16. The van der Waals surface area contributed by atoms with Gasteiger partial charge in [-0.2, -0.15) is 0 Å². The summed E-state index contributed by atoms with van der Waals surface area (Å²) < 4.78 is 5.09. The van der Waals surface area contributed by atoms with Gasteiger partial charge in [0.2, 0.25) is 0 Å². The van der Waals surface area contributed by atoms with Crippen LogP contribution in [0.15, 0.2) is 35.9 Å². The Morgan fingerprint density at radius 1 is 1.29 bits per heavy atom. The predicted molar refractivity (Wildman–Crippen MR) is 58.8 cm³/mol. The van der Waals surface area contributed by atoms with Gasteiger partial charge in [-0.3, -0.25) is 0 Å². The fourth-order valence-electron chi connectivity index (χ4n) is 1.43. The fraction of sp³-hybridized carbons (Fsp3) is 0.333. The maximum atomic E-state index is 5.09. The highest BCUT2D eigenvalue weighted by Gasteiger charge is 2.04. The Morgan fingerprint density at radius 2 is 2.00 bits per heavy atom. The first-order valence-corrected chi connectivity index (χ1v) is 4.94. The fourth-order valence-corrected chi connectivity index (χ4v) is 1.43. The molecule has 2 heteroatoms. The lowest BCUT2D eigenvalue weighted by Gasteiger charge is -2.15. The van der Waals surface area contributed by atoms with Crippen molar-refractivity contribution >= 4 is 5.69 Å². The molecule has 1 aliphatic rings. The third kappa shape index (κ3) is 2.08. The quantitative estimate of drug-likeness (QED) is 0.735. The monoisotopic (exact) mass is 189 g/mol. The van der Waals surface area contributed by atoms with Gasteiger partial charge in [-0.25, -0.2) is 0 Å². The molecule has 1 aromatic carbocycles. The van der Waals surface area contributed by atoms with Crippen LogP contribution in [0.4, 0.5) is 5.69 Å².